The second-order valence-electron chi connectivity index (χ2n) is 6.33. The fourth-order valence-corrected chi connectivity index (χ4v) is 2.89. The molecule has 0 aliphatic heterocycles. The van der Waals surface area contributed by atoms with Gasteiger partial charge in [0.25, 0.3) is 5.91 Å². The van der Waals surface area contributed by atoms with E-state index in [1.165, 1.54) is 0 Å². The van der Waals surface area contributed by atoms with Crippen LogP contribution in [0.3, 0.4) is 0 Å². The van der Waals surface area contributed by atoms with Crippen LogP contribution in [0.1, 0.15) is 50.6 Å². The summed E-state index contributed by atoms with van der Waals surface area (Å²) in [4.78, 5) is 36.2. The average Bonchev–Trinajstić information content (AvgIpc) is 3.21. The lowest BCUT2D eigenvalue weighted by molar-refractivity contribution is 0.0958. The number of carbonyl (C=O) groups is 2. The number of benzene rings is 1. The molecule has 2 N–H and O–H groups in total. The number of H-pyrrole nitrogens is 1. The first-order valence-electron chi connectivity index (χ1n) is 8.93. The van der Waals surface area contributed by atoms with Crippen LogP contribution in [0.4, 0.5) is 0 Å². The number of carbonyl (C=O) groups excluding carboxylic acids is 2. The highest BCUT2D eigenvalue weighted by molar-refractivity contribution is 5.99. The van der Waals surface area contributed by atoms with Crippen molar-refractivity contribution in [1.29, 1.82) is 0 Å². The van der Waals surface area contributed by atoms with Crippen LogP contribution in [-0.2, 0) is 12.8 Å². The molecule has 2 heterocycles. The first-order chi connectivity index (χ1) is 13.2. The molecule has 6 nitrogen and oxygen atoms in total. The molecule has 2 aromatic heterocycles. The van der Waals surface area contributed by atoms with Crippen molar-refractivity contribution in [2.45, 2.75) is 25.7 Å². The normalized spacial score (nSPS) is 10.6. The lowest BCUT2D eigenvalue weighted by atomic mass is 10.0. The summed E-state index contributed by atoms with van der Waals surface area (Å²) in [5.41, 5.74) is 3.59. The van der Waals surface area contributed by atoms with Gasteiger partial charge < -0.3 is 10.3 Å². The lowest BCUT2D eigenvalue weighted by Crippen LogP contribution is -2.20. The SMILES string of the molecule is CNC(=O)c1cc(C(=O)CCCc2cnc[nH]2)cc(Cc2ccccc2)n1. The molecule has 0 saturated carbocycles. The molecule has 0 bridgehead atoms. The van der Waals surface area contributed by atoms with Gasteiger partial charge in [-0.25, -0.2) is 9.97 Å². The fraction of sp³-hybridized carbons (Fsp3) is 0.238. The Morgan fingerprint density at radius 3 is 2.67 bits per heavy atom. The number of ketones is 1. The summed E-state index contributed by atoms with van der Waals surface area (Å²) in [5.74, 6) is -0.284. The minimum absolute atomic E-state index is 0.0105. The summed E-state index contributed by atoms with van der Waals surface area (Å²) in [6.45, 7) is 0. The highest BCUT2D eigenvalue weighted by atomic mass is 16.1. The van der Waals surface area contributed by atoms with Gasteiger partial charge in [-0.3, -0.25) is 9.59 Å². The number of hydrogen-bond donors (Lipinski definition) is 2. The fourth-order valence-electron chi connectivity index (χ4n) is 2.89. The lowest BCUT2D eigenvalue weighted by Gasteiger charge is -2.08. The molecule has 27 heavy (non-hydrogen) atoms. The van der Waals surface area contributed by atoms with Crippen molar-refractivity contribution in [3.8, 4) is 0 Å². The molecule has 0 saturated heterocycles. The minimum Gasteiger partial charge on any atom is -0.354 e. The molecule has 1 aromatic carbocycles. The third-order valence-corrected chi connectivity index (χ3v) is 4.29. The third kappa shape index (κ3) is 5.10. The Kier molecular flexibility index (Phi) is 6.10. The van der Waals surface area contributed by atoms with Crippen LogP contribution >= 0.6 is 0 Å². The first kappa shape index (κ1) is 18.5. The van der Waals surface area contributed by atoms with Crippen LogP contribution in [-0.4, -0.2) is 33.7 Å². The van der Waals surface area contributed by atoms with Crippen LogP contribution in [0, 0.1) is 0 Å². The van der Waals surface area contributed by atoms with E-state index in [0.717, 1.165) is 17.7 Å². The molecule has 0 unspecified atom stereocenters. The molecule has 0 radical (unpaired) electrons. The Hall–Kier alpha value is -3.28. The molecule has 6 heteroatoms. The maximum absolute atomic E-state index is 12.7. The monoisotopic (exact) mass is 362 g/mol. The van der Waals surface area contributed by atoms with Gasteiger partial charge in [-0.2, -0.15) is 0 Å². The first-order valence-corrected chi connectivity index (χ1v) is 8.93. The number of rotatable bonds is 8. The minimum atomic E-state index is -0.295. The van der Waals surface area contributed by atoms with Crippen LogP contribution < -0.4 is 5.32 Å². The van der Waals surface area contributed by atoms with Crippen molar-refractivity contribution in [2.75, 3.05) is 7.05 Å². The Morgan fingerprint density at radius 1 is 1.15 bits per heavy atom. The average molecular weight is 362 g/mol. The highest BCUT2D eigenvalue weighted by Gasteiger charge is 2.14. The molecular weight excluding hydrogens is 340 g/mol. The number of amides is 1. The second-order valence-corrected chi connectivity index (χ2v) is 6.33. The smallest absolute Gasteiger partial charge is 0.269 e. The van der Waals surface area contributed by atoms with E-state index in [4.69, 9.17) is 0 Å². The molecule has 3 rings (SSSR count). The highest BCUT2D eigenvalue weighted by Crippen LogP contribution is 2.15. The van der Waals surface area contributed by atoms with Crippen molar-refractivity contribution in [2.24, 2.45) is 0 Å². The van der Waals surface area contributed by atoms with Crippen molar-refractivity contribution >= 4 is 11.7 Å². The summed E-state index contributed by atoms with van der Waals surface area (Å²) >= 11 is 0. The van der Waals surface area contributed by atoms with Gasteiger partial charge in [0.05, 0.1) is 6.33 Å². The zero-order chi connectivity index (χ0) is 19.1. The van der Waals surface area contributed by atoms with Crippen molar-refractivity contribution in [1.82, 2.24) is 20.3 Å². The maximum atomic E-state index is 12.7. The quantitative estimate of drug-likeness (QED) is 0.603. The number of nitrogens with one attached hydrogen (secondary N) is 2. The van der Waals surface area contributed by atoms with Gasteiger partial charge in [-0.15, -0.1) is 0 Å². The van der Waals surface area contributed by atoms with E-state index in [-0.39, 0.29) is 17.4 Å². The van der Waals surface area contributed by atoms with Crippen molar-refractivity contribution < 1.29 is 9.59 Å². The molecular formula is C21H22N4O2. The van der Waals surface area contributed by atoms with Gasteiger partial charge >= 0.3 is 0 Å². The largest absolute Gasteiger partial charge is 0.354 e. The summed E-state index contributed by atoms with van der Waals surface area (Å²) < 4.78 is 0. The molecule has 138 valence electrons. The molecule has 0 fully saturated rings. The van der Waals surface area contributed by atoms with Crippen LogP contribution in [0.15, 0.2) is 55.0 Å². The van der Waals surface area contributed by atoms with Gasteiger partial charge in [0.2, 0.25) is 0 Å². The number of aromatic amines is 1. The summed E-state index contributed by atoms with van der Waals surface area (Å²) in [6.07, 6.45) is 5.84. The van der Waals surface area contributed by atoms with E-state index in [0.29, 0.717) is 30.5 Å². The molecule has 0 spiro atoms. The van der Waals surface area contributed by atoms with Gasteiger partial charge in [0, 0.05) is 43.0 Å². The van der Waals surface area contributed by atoms with Crippen LogP contribution in [0.25, 0.3) is 0 Å². The number of pyridine rings is 1. The number of aryl methyl sites for hydroxylation is 1. The molecule has 3 aromatic rings. The van der Waals surface area contributed by atoms with E-state index in [1.54, 1.807) is 31.7 Å². The zero-order valence-corrected chi connectivity index (χ0v) is 15.2. The summed E-state index contributed by atoms with van der Waals surface area (Å²) in [5, 5.41) is 2.58. The van der Waals surface area contributed by atoms with Crippen molar-refractivity contribution in [3.05, 3.63) is 83.2 Å². The summed E-state index contributed by atoms with van der Waals surface area (Å²) in [6, 6.07) is 13.2. The van der Waals surface area contributed by atoms with Crippen molar-refractivity contribution in [3.63, 3.8) is 0 Å². The van der Waals surface area contributed by atoms with Gasteiger partial charge in [0.1, 0.15) is 5.69 Å². The predicted molar refractivity (Wildman–Crippen MR) is 103 cm³/mol. The van der Waals surface area contributed by atoms with Crippen LogP contribution in [0.2, 0.25) is 0 Å². The Bertz CT molecular complexity index is 905. The van der Waals surface area contributed by atoms with E-state index >= 15 is 0 Å². The zero-order valence-electron chi connectivity index (χ0n) is 15.2. The number of hydrogen-bond acceptors (Lipinski definition) is 4. The number of nitrogens with zero attached hydrogens (tertiary/aromatic N) is 2. The van der Waals surface area contributed by atoms with E-state index < -0.39 is 0 Å². The Balaban J connectivity index is 1.76. The number of imidazole rings is 1. The van der Waals surface area contributed by atoms with Gasteiger partial charge in [-0.05, 0) is 30.5 Å². The van der Waals surface area contributed by atoms with E-state index in [2.05, 4.69) is 20.3 Å². The topological polar surface area (TPSA) is 87.7 Å². The standard InChI is InChI=1S/C21H22N4O2/c1-22-21(27)19-12-16(20(26)9-5-8-17-13-23-14-24-17)11-18(25-19)10-15-6-3-2-4-7-15/h2-4,6-7,11-14H,5,8-10H2,1H3,(H,22,27)(H,23,24). The predicted octanol–water partition coefficient (Wildman–Crippen LogP) is 2.96. The number of aromatic nitrogens is 3. The molecule has 1 amide bonds. The third-order valence-electron chi connectivity index (χ3n) is 4.29. The maximum Gasteiger partial charge on any atom is 0.269 e. The molecule has 0 atom stereocenters. The second kappa shape index (κ2) is 8.89. The Morgan fingerprint density at radius 2 is 1.96 bits per heavy atom. The van der Waals surface area contributed by atoms with Crippen LogP contribution in [0.5, 0.6) is 0 Å². The number of Topliss-reactive ketones (excluding diaryl/α,β-unsaturated/α-hetero) is 1. The van der Waals surface area contributed by atoms with Gasteiger partial charge in [-0.1, -0.05) is 30.3 Å². The van der Waals surface area contributed by atoms with E-state index in [9.17, 15) is 9.59 Å². The van der Waals surface area contributed by atoms with E-state index in [1.807, 2.05) is 30.3 Å². The molecule has 0 aliphatic carbocycles. The Labute approximate surface area is 158 Å². The van der Waals surface area contributed by atoms with Gasteiger partial charge in [0.15, 0.2) is 5.78 Å². The summed E-state index contributed by atoms with van der Waals surface area (Å²) in [7, 11) is 1.56. The molecule has 0 aliphatic rings.